The molecule has 0 spiro atoms. The lowest BCUT2D eigenvalue weighted by Crippen LogP contribution is -2.24. The minimum atomic E-state index is -0.172. The summed E-state index contributed by atoms with van der Waals surface area (Å²) in [5.74, 6) is 0.260. The number of halogens is 1. The van der Waals surface area contributed by atoms with Crippen molar-refractivity contribution in [3.8, 4) is 0 Å². The highest BCUT2D eigenvalue weighted by Crippen LogP contribution is 2.41. The summed E-state index contributed by atoms with van der Waals surface area (Å²) in [6, 6.07) is 0. The van der Waals surface area contributed by atoms with Crippen molar-refractivity contribution in [3.63, 3.8) is 0 Å². The van der Waals surface area contributed by atoms with Crippen molar-refractivity contribution in [1.82, 2.24) is 0 Å². The van der Waals surface area contributed by atoms with Crippen molar-refractivity contribution >= 4 is 0 Å². The van der Waals surface area contributed by atoms with Crippen molar-refractivity contribution in [3.05, 3.63) is 12.2 Å². The molecular weight excluding hydrogens is 163 g/mol. The van der Waals surface area contributed by atoms with E-state index < -0.39 is 0 Å². The second kappa shape index (κ2) is 5.41. The third kappa shape index (κ3) is 3.50. The molecule has 0 aromatic heterocycles. The Morgan fingerprint density at radius 2 is 2.00 bits per heavy atom. The van der Waals surface area contributed by atoms with Gasteiger partial charge in [0.1, 0.15) is 0 Å². The van der Waals surface area contributed by atoms with Gasteiger partial charge < -0.3 is 0 Å². The Morgan fingerprint density at radius 3 is 2.38 bits per heavy atom. The van der Waals surface area contributed by atoms with Crippen LogP contribution < -0.4 is 0 Å². The Bertz CT molecular complexity index is 159. The van der Waals surface area contributed by atoms with Gasteiger partial charge in [0.2, 0.25) is 0 Å². The highest BCUT2D eigenvalue weighted by atomic mass is 19.1. The Labute approximate surface area is 82.2 Å². The fourth-order valence-corrected chi connectivity index (χ4v) is 1.60. The summed E-state index contributed by atoms with van der Waals surface area (Å²) in [5.41, 5.74) is 1.48. The molecule has 0 radical (unpaired) electrons. The van der Waals surface area contributed by atoms with Crippen LogP contribution in [0.1, 0.15) is 47.0 Å². The van der Waals surface area contributed by atoms with Crippen LogP contribution in [0.2, 0.25) is 0 Å². The minimum absolute atomic E-state index is 0.172. The normalized spacial score (nSPS) is 26.2. The molecule has 1 aliphatic rings. The van der Waals surface area contributed by atoms with E-state index in [0.717, 1.165) is 19.3 Å². The molecule has 0 N–H and O–H groups in total. The maximum Gasteiger partial charge on any atom is 0.0925 e. The van der Waals surface area contributed by atoms with Gasteiger partial charge in [-0.3, -0.25) is 4.39 Å². The highest BCUT2D eigenvalue weighted by Gasteiger charge is 2.29. The lowest BCUT2D eigenvalue weighted by Gasteiger charge is -2.35. The molecule has 78 valence electrons. The average molecular weight is 186 g/mol. The molecule has 1 fully saturated rings. The quantitative estimate of drug-likeness (QED) is 0.534. The third-order valence-electron chi connectivity index (χ3n) is 2.89. The SMILES string of the molecule is C=C1CC(CF)CCC1(C)C.CC. The molecule has 0 nitrogen and oxygen atoms in total. The van der Waals surface area contributed by atoms with Crippen LogP contribution in [0.15, 0.2) is 12.2 Å². The van der Waals surface area contributed by atoms with Gasteiger partial charge in [-0.05, 0) is 30.6 Å². The number of alkyl halides is 1. The zero-order chi connectivity index (χ0) is 10.5. The number of hydrogen-bond donors (Lipinski definition) is 0. The molecular formula is C12H23F. The van der Waals surface area contributed by atoms with E-state index in [4.69, 9.17) is 0 Å². The topological polar surface area (TPSA) is 0 Å². The first-order chi connectivity index (χ1) is 6.06. The van der Waals surface area contributed by atoms with E-state index in [-0.39, 0.29) is 18.0 Å². The van der Waals surface area contributed by atoms with Crippen LogP contribution >= 0.6 is 0 Å². The van der Waals surface area contributed by atoms with E-state index in [2.05, 4.69) is 20.4 Å². The molecule has 0 saturated heterocycles. The Morgan fingerprint density at radius 1 is 1.46 bits per heavy atom. The van der Waals surface area contributed by atoms with Gasteiger partial charge in [0.15, 0.2) is 0 Å². The second-order valence-electron chi connectivity index (χ2n) is 4.25. The summed E-state index contributed by atoms with van der Waals surface area (Å²) in [4.78, 5) is 0. The fourth-order valence-electron chi connectivity index (χ4n) is 1.60. The van der Waals surface area contributed by atoms with Crippen LogP contribution in [-0.2, 0) is 0 Å². The molecule has 0 amide bonds. The fraction of sp³-hybridized carbons (Fsp3) is 0.833. The van der Waals surface area contributed by atoms with E-state index in [9.17, 15) is 4.39 Å². The Hall–Kier alpha value is -0.330. The molecule has 13 heavy (non-hydrogen) atoms. The molecule has 0 bridgehead atoms. The summed E-state index contributed by atoms with van der Waals surface area (Å²) in [7, 11) is 0. The van der Waals surface area contributed by atoms with Crippen LogP contribution in [0.5, 0.6) is 0 Å². The van der Waals surface area contributed by atoms with Crippen molar-refractivity contribution in [2.45, 2.75) is 47.0 Å². The first-order valence-corrected chi connectivity index (χ1v) is 5.30. The summed E-state index contributed by atoms with van der Waals surface area (Å²) in [6.45, 7) is 12.2. The molecule has 1 heteroatoms. The third-order valence-corrected chi connectivity index (χ3v) is 2.89. The van der Waals surface area contributed by atoms with Crippen molar-refractivity contribution < 1.29 is 4.39 Å². The summed E-state index contributed by atoms with van der Waals surface area (Å²) in [6.07, 6.45) is 3.02. The summed E-state index contributed by atoms with van der Waals surface area (Å²) < 4.78 is 12.3. The summed E-state index contributed by atoms with van der Waals surface area (Å²) >= 11 is 0. The van der Waals surface area contributed by atoms with Gasteiger partial charge in [-0.2, -0.15) is 0 Å². The Balaban J connectivity index is 0.000000671. The number of hydrogen-bond acceptors (Lipinski definition) is 0. The van der Waals surface area contributed by atoms with Crippen LogP contribution in [0.25, 0.3) is 0 Å². The van der Waals surface area contributed by atoms with Gasteiger partial charge in [-0.1, -0.05) is 39.8 Å². The van der Waals surface area contributed by atoms with Gasteiger partial charge in [0, 0.05) is 0 Å². The van der Waals surface area contributed by atoms with Gasteiger partial charge in [-0.15, -0.1) is 0 Å². The summed E-state index contributed by atoms with van der Waals surface area (Å²) in [5, 5.41) is 0. The smallest absolute Gasteiger partial charge is 0.0925 e. The molecule has 0 aromatic carbocycles. The van der Waals surface area contributed by atoms with Crippen molar-refractivity contribution in [2.24, 2.45) is 11.3 Å². The second-order valence-corrected chi connectivity index (χ2v) is 4.25. The molecule has 0 aromatic rings. The van der Waals surface area contributed by atoms with Crippen molar-refractivity contribution in [1.29, 1.82) is 0 Å². The van der Waals surface area contributed by atoms with Gasteiger partial charge >= 0.3 is 0 Å². The molecule has 0 heterocycles. The van der Waals surface area contributed by atoms with Crippen molar-refractivity contribution in [2.75, 3.05) is 6.67 Å². The zero-order valence-electron chi connectivity index (χ0n) is 9.49. The molecule has 1 saturated carbocycles. The number of rotatable bonds is 1. The molecule has 1 rings (SSSR count). The maximum absolute atomic E-state index is 12.3. The van der Waals surface area contributed by atoms with E-state index in [0.29, 0.717) is 0 Å². The molecule has 1 unspecified atom stereocenters. The first kappa shape index (κ1) is 12.7. The predicted molar refractivity (Wildman–Crippen MR) is 57.6 cm³/mol. The number of allylic oxidation sites excluding steroid dienone is 1. The standard InChI is InChI=1S/C10H17F.C2H6/c1-8-6-9(7-11)4-5-10(8,2)3;1-2/h9H,1,4-7H2,2-3H3;1-2H3. The lowest BCUT2D eigenvalue weighted by molar-refractivity contribution is 0.235. The van der Waals surface area contributed by atoms with Gasteiger partial charge in [0.05, 0.1) is 6.67 Å². The van der Waals surface area contributed by atoms with E-state index in [1.807, 2.05) is 13.8 Å². The van der Waals surface area contributed by atoms with Crippen LogP contribution in [0, 0.1) is 11.3 Å². The van der Waals surface area contributed by atoms with Crippen LogP contribution in [0.3, 0.4) is 0 Å². The average Bonchev–Trinajstić information content (AvgIpc) is 2.13. The minimum Gasteiger partial charge on any atom is -0.251 e. The predicted octanol–water partition coefficient (Wildman–Crippen LogP) is 4.36. The highest BCUT2D eigenvalue weighted by molar-refractivity contribution is 5.10. The maximum atomic E-state index is 12.3. The van der Waals surface area contributed by atoms with Crippen LogP contribution in [-0.4, -0.2) is 6.67 Å². The van der Waals surface area contributed by atoms with Gasteiger partial charge in [-0.25, -0.2) is 0 Å². The van der Waals surface area contributed by atoms with E-state index >= 15 is 0 Å². The van der Waals surface area contributed by atoms with E-state index in [1.165, 1.54) is 5.57 Å². The molecule has 0 aliphatic heterocycles. The lowest BCUT2D eigenvalue weighted by atomic mass is 9.70. The zero-order valence-corrected chi connectivity index (χ0v) is 9.49. The monoisotopic (exact) mass is 186 g/mol. The van der Waals surface area contributed by atoms with Gasteiger partial charge in [0.25, 0.3) is 0 Å². The van der Waals surface area contributed by atoms with E-state index in [1.54, 1.807) is 0 Å². The molecule has 1 atom stereocenters. The Kier molecular flexibility index (Phi) is 5.27. The molecule has 1 aliphatic carbocycles. The first-order valence-electron chi connectivity index (χ1n) is 5.30. The largest absolute Gasteiger partial charge is 0.251 e. The van der Waals surface area contributed by atoms with Crippen LogP contribution in [0.4, 0.5) is 4.39 Å².